The van der Waals surface area contributed by atoms with Gasteiger partial charge in [0.1, 0.15) is 0 Å². The molecule has 0 aliphatic heterocycles. The summed E-state index contributed by atoms with van der Waals surface area (Å²) in [6, 6.07) is 0. The Labute approximate surface area is 126 Å². The van der Waals surface area contributed by atoms with Crippen molar-refractivity contribution in [1.29, 1.82) is 0 Å². The second kappa shape index (κ2) is 11.2. The smallest absolute Gasteiger partial charge is 0.748 e. The molecule has 0 radical (unpaired) electrons. The molecule has 0 rings (SSSR count). The molecule has 0 aliphatic carbocycles. The van der Waals surface area contributed by atoms with Gasteiger partial charge < -0.3 is 20.1 Å². The fraction of sp³-hybridized carbons (Fsp3) is 1.00. The van der Waals surface area contributed by atoms with Gasteiger partial charge in [0.05, 0.1) is 31.7 Å². The van der Waals surface area contributed by atoms with Gasteiger partial charge in [-0.25, -0.2) is 16.8 Å². The van der Waals surface area contributed by atoms with Gasteiger partial charge >= 0.3 is 59.1 Å². The minimum absolute atomic E-state index is 0. The van der Waals surface area contributed by atoms with E-state index in [0.717, 1.165) is 0 Å². The zero-order valence-corrected chi connectivity index (χ0v) is 13.3. The minimum Gasteiger partial charge on any atom is -0.748 e. The van der Waals surface area contributed by atoms with Gasteiger partial charge in [-0.2, -0.15) is 0 Å². The molecular formula is C2H8Na2O8S2. The van der Waals surface area contributed by atoms with Crippen molar-refractivity contribution in [3.63, 3.8) is 0 Å². The maximum Gasteiger partial charge on any atom is 1.00 e. The van der Waals surface area contributed by atoms with Crippen LogP contribution in [0.5, 0.6) is 0 Å². The molecule has 0 aromatic carbocycles. The molecule has 0 aromatic rings. The van der Waals surface area contributed by atoms with Crippen molar-refractivity contribution in [2.24, 2.45) is 0 Å². The Kier molecular flexibility index (Phi) is 23.8. The summed E-state index contributed by atoms with van der Waals surface area (Å²) in [5, 5.41) is 0. The molecule has 0 bridgehead atoms. The molecule has 4 N–H and O–H groups in total. The fourth-order valence-electron chi connectivity index (χ4n) is 0.204. The van der Waals surface area contributed by atoms with Crippen LogP contribution in [0.1, 0.15) is 0 Å². The van der Waals surface area contributed by atoms with Gasteiger partial charge in [-0.15, -0.1) is 0 Å². The topological polar surface area (TPSA) is 177 Å². The van der Waals surface area contributed by atoms with E-state index in [1.807, 2.05) is 0 Å². The summed E-state index contributed by atoms with van der Waals surface area (Å²) in [5.74, 6) is -2.31. The zero-order chi connectivity index (χ0) is 8.41. The number of rotatable bonds is 3. The Bertz CT molecular complexity index is 259. The number of hydrogen-bond donors (Lipinski definition) is 0. The first kappa shape index (κ1) is 29.6. The molecule has 0 saturated heterocycles. The van der Waals surface area contributed by atoms with Crippen molar-refractivity contribution < 1.29 is 96.0 Å². The first-order valence-electron chi connectivity index (χ1n) is 2.08. The number of hydrogen-bond acceptors (Lipinski definition) is 6. The molecule has 0 fully saturated rings. The van der Waals surface area contributed by atoms with Crippen LogP contribution in [-0.2, 0) is 20.2 Å². The van der Waals surface area contributed by atoms with Crippen molar-refractivity contribution in [2.75, 3.05) is 11.5 Å². The summed E-state index contributed by atoms with van der Waals surface area (Å²) in [6.45, 7) is 0. The Morgan fingerprint density at radius 1 is 0.714 bits per heavy atom. The molecule has 0 spiro atoms. The van der Waals surface area contributed by atoms with Crippen LogP contribution in [-0.4, -0.2) is 48.4 Å². The van der Waals surface area contributed by atoms with Crippen LogP contribution in [0.3, 0.4) is 0 Å². The largest absolute Gasteiger partial charge is 1.00 e. The SMILES string of the molecule is O.O.O=S(=O)([O-])CCS(=O)(=O)[O-].[Na+].[Na+]. The van der Waals surface area contributed by atoms with Crippen molar-refractivity contribution in [3.8, 4) is 0 Å². The molecule has 14 heavy (non-hydrogen) atoms. The van der Waals surface area contributed by atoms with E-state index in [9.17, 15) is 25.9 Å². The van der Waals surface area contributed by atoms with Crippen LogP contribution >= 0.6 is 0 Å². The van der Waals surface area contributed by atoms with E-state index in [0.29, 0.717) is 0 Å². The Balaban J connectivity index is -0.0000000675. The van der Waals surface area contributed by atoms with Gasteiger partial charge in [-0.05, 0) is 0 Å². The van der Waals surface area contributed by atoms with Crippen LogP contribution in [0.15, 0.2) is 0 Å². The molecule has 0 saturated carbocycles. The van der Waals surface area contributed by atoms with E-state index in [4.69, 9.17) is 0 Å². The van der Waals surface area contributed by atoms with Crippen LogP contribution in [0.4, 0.5) is 0 Å². The second-order valence-corrected chi connectivity index (χ2v) is 4.57. The van der Waals surface area contributed by atoms with E-state index in [1.54, 1.807) is 0 Å². The molecule has 8 nitrogen and oxygen atoms in total. The van der Waals surface area contributed by atoms with Crippen LogP contribution in [0.25, 0.3) is 0 Å². The quantitative estimate of drug-likeness (QED) is 0.362. The Morgan fingerprint density at radius 3 is 0.929 bits per heavy atom. The van der Waals surface area contributed by atoms with Crippen molar-refractivity contribution in [3.05, 3.63) is 0 Å². The van der Waals surface area contributed by atoms with Crippen molar-refractivity contribution in [2.45, 2.75) is 0 Å². The third-order valence-electron chi connectivity index (χ3n) is 0.583. The molecular weight excluding hydrogens is 262 g/mol. The summed E-state index contributed by atoms with van der Waals surface area (Å²) in [5.41, 5.74) is 0. The van der Waals surface area contributed by atoms with Gasteiger partial charge in [0.25, 0.3) is 0 Å². The summed E-state index contributed by atoms with van der Waals surface area (Å²) >= 11 is 0. The first-order chi connectivity index (χ1) is 4.21. The summed E-state index contributed by atoms with van der Waals surface area (Å²) < 4.78 is 58.3. The van der Waals surface area contributed by atoms with E-state index in [-0.39, 0.29) is 70.1 Å². The van der Waals surface area contributed by atoms with Gasteiger partial charge in [0, 0.05) is 0 Å². The van der Waals surface area contributed by atoms with Crippen molar-refractivity contribution in [1.82, 2.24) is 0 Å². The molecule has 0 unspecified atom stereocenters. The van der Waals surface area contributed by atoms with Crippen LogP contribution in [0, 0.1) is 0 Å². The van der Waals surface area contributed by atoms with Gasteiger partial charge in [0.15, 0.2) is 0 Å². The molecule has 0 aliphatic rings. The molecule has 0 heterocycles. The van der Waals surface area contributed by atoms with Gasteiger partial charge in [-0.3, -0.25) is 0 Å². The third kappa shape index (κ3) is 29.2. The Morgan fingerprint density at radius 2 is 0.857 bits per heavy atom. The maximum atomic E-state index is 9.72. The van der Waals surface area contributed by atoms with E-state index < -0.39 is 31.7 Å². The summed E-state index contributed by atoms with van der Waals surface area (Å²) in [7, 11) is -9.17. The maximum absolute atomic E-state index is 9.72. The molecule has 12 heteroatoms. The van der Waals surface area contributed by atoms with Gasteiger partial charge in [-0.1, -0.05) is 0 Å². The second-order valence-electron chi connectivity index (χ2n) is 1.52. The van der Waals surface area contributed by atoms with Crippen LogP contribution in [0.2, 0.25) is 0 Å². The van der Waals surface area contributed by atoms with E-state index >= 15 is 0 Å². The molecule has 0 aromatic heterocycles. The first-order valence-corrected chi connectivity index (χ1v) is 5.23. The fourth-order valence-corrected chi connectivity index (χ4v) is 1.84. The minimum atomic E-state index is -4.59. The zero-order valence-electron chi connectivity index (χ0n) is 7.68. The average Bonchev–Trinajstić information content (AvgIpc) is 1.57. The normalized spacial score (nSPS) is 9.57. The Hall–Kier alpha value is 1.74. The average molecular weight is 270 g/mol. The predicted molar refractivity (Wildman–Crippen MR) is 36.4 cm³/mol. The van der Waals surface area contributed by atoms with Gasteiger partial charge in [0.2, 0.25) is 0 Å². The summed E-state index contributed by atoms with van der Waals surface area (Å²) in [4.78, 5) is 0. The molecule has 0 amide bonds. The third-order valence-corrected chi connectivity index (χ3v) is 2.25. The van der Waals surface area contributed by atoms with Crippen molar-refractivity contribution >= 4 is 20.2 Å². The van der Waals surface area contributed by atoms with E-state index in [2.05, 4.69) is 0 Å². The predicted octanol–water partition coefficient (Wildman–Crippen LogP) is -9.56. The standard InChI is InChI=1S/C2H6O6S2.2Na.2H2O/c3-9(4,5)1-2-10(6,7)8;;;;/h1-2H2,(H,3,4,5)(H,6,7,8);;;2*1H2/q;2*+1;;/p-2. The van der Waals surface area contributed by atoms with Crippen LogP contribution < -0.4 is 59.1 Å². The monoisotopic (exact) mass is 270 g/mol. The molecule has 78 valence electrons. The van der Waals surface area contributed by atoms with E-state index in [1.165, 1.54) is 0 Å². The molecule has 0 atom stereocenters. The summed E-state index contributed by atoms with van der Waals surface area (Å²) in [6.07, 6.45) is 0.